The van der Waals surface area contributed by atoms with Gasteiger partial charge in [-0.15, -0.1) is 0 Å². The summed E-state index contributed by atoms with van der Waals surface area (Å²) in [6, 6.07) is 5.99. The molecule has 1 aromatic carbocycles. The van der Waals surface area contributed by atoms with Crippen LogP contribution in [0.25, 0.3) is 10.9 Å². The molecule has 3 heteroatoms. The monoisotopic (exact) mass is 217 g/mol. The number of rotatable bonds is 3. The highest BCUT2D eigenvalue weighted by molar-refractivity contribution is 6.07. The van der Waals surface area contributed by atoms with Crippen molar-refractivity contribution in [3.05, 3.63) is 35.5 Å². The van der Waals surface area contributed by atoms with Gasteiger partial charge in [0.25, 0.3) is 0 Å². The summed E-state index contributed by atoms with van der Waals surface area (Å²) in [6.07, 6.45) is 1.86. The Hall–Kier alpha value is -1.61. The van der Waals surface area contributed by atoms with Crippen LogP contribution in [0.15, 0.2) is 24.4 Å². The quantitative estimate of drug-likeness (QED) is 0.740. The van der Waals surface area contributed by atoms with Crippen LogP contribution in [0.3, 0.4) is 0 Å². The van der Waals surface area contributed by atoms with E-state index in [9.17, 15) is 4.79 Å². The van der Waals surface area contributed by atoms with E-state index in [1.54, 1.807) is 14.0 Å². The minimum Gasteiger partial charge on any atom is -0.364 e. The minimum atomic E-state index is 0.0884. The van der Waals surface area contributed by atoms with Gasteiger partial charge < -0.3 is 9.30 Å². The average molecular weight is 217 g/mol. The van der Waals surface area contributed by atoms with Crippen LogP contribution in [-0.2, 0) is 11.5 Å². The molecular weight excluding hydrogens is 202 g/mol. The predicted molar refractivity (Wildman–Crippen MR) is 63.7 cm³/mol. The highest BCUT2D eigenvalue weighted by Crippen LogP contribution is 2.24. The lowest BCUT2D eigenvalue weighted by Crippen LogP contribution is -1.98. The van der Waals surface area contributed by atoms with Crippen molar-refractivity contribution in [2.75, 3.05) is 7.11 Å². The predicted octanol–water partition coefficient (Wildman–Crippen LogP) is 2.76. The van der Waals surface area contributed by atoms with Gasteiger partial charge in [0.15, 0.2) is 5.78 Å². The smallest absolute Gasteiger partial charge is 0.161 e. The second-order valence-electron chi connectivity index (χ2n) is 3.96. The zero-order valence-corrected chi connectivity index (χ0v) is 9.78. The fourth-order valence-electron chi connectivity index (χ4n) is 2.07. The van der Waals surface area contributed by atoms with Gasteiger partial charge in [0.2, 0.25) is 0 Å². The second kappa shape index (κ2) is 4.10. The maximum absolute atomic E-state index is 11.5. The standard InChI is InChI=1S/C13H15NO2/c1-9-5-4-6-11-12(10(2)15)7-14(8-16-3)13(9)11/h4-7H,8H2,1-3H3. The van der Waals surface area contributed by atoms with E-state index in [-0.39, 0.29) is 5.78 Å². The van der Waals surface area contributed by atoms with E-state index in [4.69, 9.17) is 4.74 Å². The molecule has 16 heavy (non-hydrogen) atoms. The Bertz CT molecular complexity index is 540. The van der Waals surface area contributed by atoms with Gasteiger partial charge in [-0.1, -0.05) is 18.2 Å². The number of ether oxygens (including phenoxy) is 1. The van der Waals surface area contributed by atoms with E-state index in [1.165, 1.54) is 0 Å². The van der Waals surface area contributed by atoms with Crippen molar-refractivity contribution in [1.29, 1.82) is 0 Å². The molecule has 0 aliphatic heterocycles. The van der Waals surface area contributed by atoms with Crippen molar-refractivity contribution in [1.82, 2.24) is 4.57 Å². The van der Waals surface area contributed by atoms with Crippen molar-refractivity contribution in [3.8, 4) is 0 Å². The van der Waals surface area contributed by atoms with Gasteiger partial charge in [0.1, 0.15) is 6.73 Å². The highest BCUT2D eigenvalue weighted by Gasteiger charge is 2.12. The number of benzene rings is 1. The molecule has 0 N–H and O–H groups in total. The molecule has 3 nitrogen and oxygen atoms in total. The molecule has 84 valence electrons. The lowest BCUT2D eigenvalue weighted by atomic mass is 10.1. The number of para-hydroxylation sites is 1. The van der Waals surface area contributed by atoms with Crippen LogP contribution in [0.4, 0.5) is 0 Å². The molecule has 0 saturated heterocycles. The molecule has 1 aromatic heterocycles. The van der Waals surface area contributed by atoms with Gasteiger partial charge in [-0.2, -0.15) is 0 Å². The summed E-state index contributed by atoms with van der Waals surface area (Å²) in [7, 11) is 1.65. The van der Waals surface area contributed by atoms with Crippen LogP contribution < -0.4 is 0 Å². The molecule has 0 spiro atoms. The molecule has 0 amide bonds. The van der Waals surface area contributed by atoms with Gasteiger partial charge in [0.05, 0.1) is 5.52 Å². The Morgan fingerprint density at radius 2 is 2.19 bits per heavy atom. The molecule has 1 heterocycles. The van der Waals surface area contributed by atoms with E-state index in [0.717, 1.165) is 22.0 Å². The van der Waals surface area contributed by atoms with Crippen LogP contribution in [0, 0.1) is 6.92 Å². The number of fused-ring (bicyclic) bond motifs is 1. The fourth-order valence-corrected chi connectivity index (χ4v) is 2.07. The number of carbonyl (C=O) groups excluding carboxylic acids is 1. The largest absolute Gasteiger partial charge is 0.364 e. The summed E-state index contributed by atoms with van der Waals surface area (Å²) in [5, 5.41) is 1.00. The van der Waals surface area contributed by atoms with Gasteiger partial charge in [-0.25, -0.2) is 0 Å². The lowest BCUT2D eigenvalue weighted by molar-refractivity contribution is 0.101. The molecule has 0 aliphatic carbocycles. The number of Topliss-reactive ketones (excluding diaryl/α,β-unsaturated/α-hetero) is 1. The first kappa shape index (κ1) is 10.9. The Morgan fingerprint density at radius 3 is 2.81 bits per heavy atom. The summed E-state index contributed by atoms with van der Waals surface area (Å²) in [6.45, 7) is 4.10. The van der Waals surface area contributed by atoms with E-state index < -0.39 is 0 Å². The molecule has 0 fully saturated rings. The number of aromatic nitrogens is 1. The number of hydrogen-bond donors (Lipinski definition) is 0. The molecule has 0 bridgehead atoms. The Labute approximate surface area is 94.6 Å². The van der Waals surface area contributed by atoms with Gasteiger partial charge in [0, 0.05) is 24.3 Å². The van der Waals surface area contributed by atoms with Crippen LogP contribution in [0.5, 0.6) is 0 Å². The van der Waals surface area contributed by atoms with E-state index >= 15 is 0 Å². The summed E-state index contributed by atoms with van der Waals surface area (Å²) in [5.41, 5.74) is 2.99. The average Bonchev–Trinajstić information content (AvgIpc) is 2.59. The maximum atomic E-state index is 11.5. The summed E-state index contributed by atoms with van der Waals surface area (Å²) in [5.74, 6) is 0.0884. The second-order valence-corrected chi connectivity index (χ2v) is 3.96. The molecule has 0 unspecified atom stereocenters. The molecule has 0 radical (unpaired) electrons. The Kier molecular flexibility index (Phi) is 2.79. The number of carbonyl (C=O) groups is 1. The lowest BCUT2D eigenvalue weighted by Gasteiger charge is -2.05. The summed E-state index contributed by atoms with van der Waals surface area (Å²) < 4.78 is 7.11. The topological polar surface area (TPSA) is 31.2 Å². The van der Waals surface area contributed by atoms with Crippen molar-refractivity contribution in [3.63, 3.8) is 0 Å². The SMILES string of the molecule is COCn1cc(C(C)=O)c2cccc(C)c21. The van der Waals surface area contributed by atoms with Crippen molar-refractivity contribution in [2.24, 2.45) is 0 Å². The summed E-state index contributed by atoms with van der Waals surface area (Å²) >= 11 is 0. The van der Waals surface area contributed by atoms with Crippen LogP contribution in [0.2, 0.25) is 0 Å². The van der Waals surface area contributed by atoms with Crippen LogP contribution in [0.1, 0.15) is 22.8 Å². The van der Waals surface area contributed by atoms with Crippen LogP contribution >= 0.6 is 0 Å². The zero-order valence-electron chi connectivity index (χ0n) is 9.78. The molecule has 2 rings (SSSR count). The number of nitrogens with zero attached hydrogens (tertiary/aromatic N) is 1. The number of aryl methyl sites for hydroxylation is 1. The van der Waals surface area contributed by atoms with Gasteiger partial charge in [-0.05, 0) is 19.4 Å². The minimum absolute atomic E-state index is 0.0884. The van der Waals surface area contributed by atoms with Crippen molar-refractivity contribution in [2.45, 2.75) is 20.6 Å². The number of ketones is 1. The first-order chi connectivity index (χ1) is 7.65. The molecule has 0 aliphatic rings. The molecule has 2 aromatic rings. The highest BCUT2D eigenvalue weighted by atomic mass is 16.5. The molecular formula is C13H15NO2. The summed E-state index contributed by atoms with van der Waals surface area (Å²) in [4.78, 5) is 11.5. The number of methoxy groups -OCH3 is 1. The van der Waals surface area contributed by atoms with Crippen molar-refractivity contribution >= 4 is 16.7 Å². The van der Waals surface area contributed by atoms with Gasteiger partial charge >= 0.3 is 0 Å². The Morgan fingerprint density at radius 1 is 1.44 bits per heavy atom. The van der Waals surface area contributed by atoms with Gasteiger partial charge in [-0.3, -0.25) is 4.79 Å². The Balaban J connectivity index is 2.76. The van der Waals surface area contributed by atoms with Crippen molar-refractivity contribution < 1.29 is 9.53 Å². The third-order valence-electron chi connectivity index (χ3n) is 2.75. The maximum Gasteiger partial charge on any atom is 0.161 e. The first-order valence-corrected chi connectivity index (χ1v) is 5.23. The van der Waals surface area contributed by atoms with E-state index in [0.29, 0.717) is 6.73 Å². The number of hydrogen-bond acceptors (Lipinski definition) is 2. The normalized spacial score (nSPS) is 10.9. The first-order valence-electron chi connectivity index (χ1n) is 5.23. The van der Waals surface area contributed by atoms with E-state index in [2.05, 4.69) is 0 Å². The van der Waals surface area contributed by atoms with E-state index in [1.807, 2.05) is 35.9 Å². The van der Waals surface area contributed by atoms with Crippen LogP contribution in [-0.4, -0.2) is 17.5 Å². The zero-order chi connectivity index (χ0) is 11.7. The molecule has 0 atom stereocenters. The third kappa shape index (κ3) is 1.63. The fraction of sp³-hybridized carbons (Fsp3) is 0.308. The molecule has 0 saturated carbocycles. The third-order valence-corrected chi connectivity index (χ3v) is 2.75.